The normalized spacial score (nSPS) is 12.1. The van der Waals surface area contributed by atoms with Crippen molar-refractivity contribution in [1.82, 2.24) is 9.88 Å². The molecule has 0 spiro atoms. The number of ether oxygens (including phenoxy) is 1. The monoisotopic (exact) mass is 432 g/mol. The molecule has 0 saturated heterocycles. The van der Waals surface area contributed by atoms with Gasteiger partial charge in [-0.25, -0.2) is 4.98 Å². The summed E-state index contributed by atoms with van der Waals surface area (Å²) in [5, 5.41) is 4.88. The number of methoxy groups -OCH3 is 1. The van der Waals surface area contributed by atoms with Crippen LogP contribution in [0.5, 0.6) is 5.75 Å². The van der Waals surface area contributed by atoms with E-state index in [9.17, 15) is 14.4 Å². The maximum absolute atomic E-state index is 13.1. The van der Waals surface area contributed by atoms with E-state index in [2.05, 4.69) is 10.3 Å². The molecule has 1 atom stereocenters. The number of anilines is 1. The van der Waals surface area contributed by atoms with Gasteiger partial charge >= 0.3 is 0 Å². The van der Waals surface area contributed by atoms with Crippen LogP contribution >= 0.6 is 11.3 Å². The number of carbonyl (C=O) groups is 3. The van der Waals surface area contributed by atoms with Gasteiger partial charge in [-0.1, -0.05) is 32.9 Å². The van der Waals surface area contributed by atoms with Crippen LogP contribution in [0.4, 0.5) is 5.13 Å². The van der Waals surface area contributed by atoms with Crippen molar-refractivity contribution >= 4 is 34.2 Å². The van der Waals surface area contributed by atoms with Gasteiger partial charge in [0.25, 0.3) is 0 Å². The third kappa shape index (κ3) is 6.55. The SMILES string of the molecule is COc1ccc(CN(C(=O)CCC(=O)Nc2nccs2)C(C(N)=O)C(C)(C)C)cc1. The maximum Gasteiger partial charge on any atom is 0.240 e. The smallest absolute Gasteiger partial charge is 0.240 e. The second-order valence-corrected chi connectivity index (χ2v) is 8.82. The highest BCUT2D eigenvalue weighted by molar-refractivity contribution is 7.13. The quantitative estimate of drug-likeness (QED) is 0.632. The molecular weight excluding hydrogens is 404 g/mol. The summed E-state index contributed by atoms with van der Waals surface area (Å²) in [6.45, 7) is 5.76. The van der Waals surface area contributed by atoms with Crippen LogP contribution in [0, 0.1) is 5.41 Å². The van der Waals surface area contributed by atoms with Crippen molar-refractivity contribution in [3.63, 3.8) is 0 Å². The molecule has 3 amide bonds. The minimum atomic E-state index is -0.825. The molecule has 2 rings (SSSR count). The molecule has 1 aromatic carbocycles. The number of amides is 3. The van der Waals surface area contributed by atoms with Gasteiger partial charge in [-0.3, -0.25) is 14.4 Å². The van der Waals surface area contributed by atoms with Crippen molar-refractivity contribution in [3.05, 3.63) is 41.4 Å². The predicted molar refractivity (Wildman–Crippen MR) is 116 cm³/mol. The number of nitrogens with one attached hydrogen (secondary N) is 1. The first-order chi connectivity index (χ1) is 14.1. The summed E-state index contributed by atoms with van der Waals surface area (Å²) in [5.74, 6) is -0.526. The van der Waals surface area contributed by atoms with Gasteiger partial charge in [0.05, 0.1) is 7.11 Å². The van der Waals surface area contributed by atoms with Gasteiger partial charge in [-0.2, -0.15) is 0 Å². The Morgan fingerprint density at radius 3 is 2.37 bits per heavy atom. The van der Waals surface area contributed by atoms with Crippen molar-refractivity contribution < 1.29 is 19.1 Å². The summed E-state index contributed by atoms with van der Waals surface area (Å²) >= 11 is 1.30. The van der Waals surface area contributed by atoms with Gasteiger partial charge in [0.15, 0.2) is 5.13 Å². The predicted octanol–water partition coefficient (Wildman–Crippen LogP) is 2.80. The van der Waals surface area contributed by atoms with E-state index in [0.29, 0.717) is 10.9 Å². The van der Waals surface area contributed by atoms with Crippen molar-refractivity contribution in [2.75, 3.05) is 12.4 Å². The molecule has 162 valence electrons. The molecule has 0 aliphatic heterocycles. The fourth-order valence-electron chi connectivity index (χ4n) is 3.13. The summed E-state index contributed by atoms with van der Waals surface area (Å²) in [5.41, 5.74) is 5.92. The van der Waals surface area contributed by atoms with Crippen LogP contribution in [0.25, 0.3) is 0 Å². The topological polar surface area (TPSA) is 115 Å². The van der Waals surface area contributed by atoms with Gasteiger partial charge in [0.1, 0.15) is 11.8 Å². The molecule has 0 saturated carbocycles. The van der Waals surface area contributed by atoms with E-state index >= 15 is 0 Å². The number of rotatable bonds is 9. The van der Waals surface area contributed by atoms with Crippen molar-refractivity contribution in [2.24, 2.45) is 11.1 Å². The molecule has 30 heavy (non-hydrogen) atoms. The second kappa shape index (κ2) is 10.2. The lowest BCUT2D eigenvalue weighted by Gasteiger charge is -2.38. The largest absolute Gasteiger partial charge is 0.497 e. The molecule has 0 aliphatic rings. The zero-order chi connectivity index (χ0) is 22.3. The molecule has 1 heterocycles. The van der Waals surface area contributed by atoms with Crippen LogP contribution in [0.3, 0.4) is 0 Å². The Balaban J connectivity index is 2.16. The van der Waals surface area contributed by atoms with E-state index in [1.54, 1.807) is 30.8 Å². The molecule has 0 bridgehead atoms. The summed E-state index contributed by atoms with van der Waals surface area (Å²) < 4.78 is 5.17. The number of benzene rings is 1. The second-order valence-electron chi connectivity index (χ2n) is 7.93. The standard InChI is InChI=1S/C21H28N4O4S/c1-21(2,3)18(19(22)28)25(13-14-5-7-15(29-4)8-6-14)17(27)10-9-16(26)24-20-23-11-12-30-20/h5-8,11-12,18H,9-10,13H2,1-4H3,(H2,22,28)(H,23,24,26). The molecule has 1 aromatic heterocycles. The number of nitrogens with zero attached hydrogens (tertiary/aromatic N) is 2. The molecule has 0 radical (unpaired) electrons. The molecule has 1 unspecified atom stereocenters. The van der Waals surface area contributed by atoms with Gasteiger partial charge in [-0.05, 0) is 23.1 Å². The zero-order valence-electron chi connectivity index (χ0n) is 17.7. The van der Waals surface area contributed by atoms with E-state index in [1.165, 1.54) is 16.2 Å². The van der Waals surface area contributed by atoms with Crippen molar-refractivity contribution in [3.8, 4) is 5.75 Å². The highest BCUT2D eigenvalue weighted by Gasteiger charge is 2.37. The Bertz CT molecular complexity index is 860. The average Bonchev–Trinajstić information content (AvgIpc) is 3.17. The summed E-state index contributed by atoms with van der Waals surface area (Å²) in [6.07, 6.45) is 1.52. The number of primary amides is 1. The number of thiazole rings is 1. The lowest BCUT2D eigenvalue weighted by Crippen LogP contribution is -2.54. The number of nitrogens with two attached hydrogens (primary N) is 1. The van der Waals surface area contributed by atoms with E-state index in [-0.39, 0.29) is 31.2 Å². The van der Waals surface area contributed by atoms with Crippen LogP contribution in [-0.2, 0) is 20.9 Å². The molecule has 0 aliphatic carbocycles. The minimum Gasteiger partial charge on any atom is -0.497 e. The minimum absolute atomic E-state index is 0.0207. The highest BCUT2D eigenvalue weighted by atomic mass is 32.1. The van der Waals surface area contributed by atoms with Crippen LogP contribution in [0.2, 0.25) is 0 Å². The molecule has 9 heteroatoms. The van der Waals surface area contributed by atoms with Gasteiger partial charge in [0.2, 0.25) is 17.7 Å². The van der Waals surface area contributed by atoms with Crippen LogP contribution < -0.4 is 15.8 Å². The van der Waals surface area contributed by atoms with Gasteiger partial charge < -0.3 is 20.7 Å². The first kappa shape index (κ1) is 23.3. The Labute approximate surface area is 180 Å². The first-order valence-electron chi connectivity index (χ1n) is 9.53. The number of aromatic nitrogens is 1. The summed E-state index contributed by atoms with van der Waals surface area (Å²) in [7, 11) is 1.57. The molecular formula is C21H28N4O4S. The van der Waals surface area contributed by atoms with E-state index in [0.717, 1.165) is 5.56 Å². The van der Waals surface area contributed by atoms with Crippen LogP contribution in [-0.4, -0.2) is 40.8 Å². The van der Waals surface area contributed by atoms with Crippen LogP contribution in [0.15, 0.2) is 35.8 Å². The molecule has 0 fully saturated rings. The lowest BCUT2D eigenvalue weighted by atomic mass is 9.84. The van der Waals surface area contributed by atoms with E-state index in [4.69, 9.17) is 10.5 Å². The van der Waals surface area contributed by atoms with E-state index in [1.807, 2.05) is 32.9 Å². The first-order valence-corrected chi connectivity index (χ1v) is 10.4. The maximum atomic E-state index is 13.1. The van der Waals surface area contributed by atoms with Crippen LogP contribution in [0.1, 0.15) is 39.2 Å². The summed E-state index contributed by atoms with van der Waals surface area (Å²) in [6, 6.07) is 6.41. The molecule has 8 nitrogen and oxygen atoms in total. The van der Waals surface area contributed by atoms with Crippen molar-refractivity contribution in [2.45, 2.75) is 46.2 Å². The van der Waals surface area contributed by atoms with Gasteiger partial charge in [-0.15, -0.1) is 11.3 Å². The lowest BCUT2D eigenvalue weighted by molar-refractivity contribution is -0.144. The third-order valence-corrected chi connectivity index (χ3v) is 5.17. The van der Waals surface area contributed by atoms with E-state index < -0.39 is 17.4 Å². The van der Waals surface area contributed by atoms with Crippen molar-refractivity contribution in [1.29, 1.82) is 0 Å². The average molecular weight is 433 g/mol. The number of carbonyl (C=O) groups excluding carboxylic acids is 3. The highest BCUT2D eigenvalue weighted by Crippen LogP contribution is 2.27. The Morgan fingerprint density at radius 1 is 1.20 bits per heavy atom. The Kier molecular flexibility index (Phi) is 7.93. The third-order valence-electron chi connectivity index (χ3n) is 4.48. The fraction of sp³-hybridized carbons (Fsp3) is 0.429. The fourth-order valence-corrected chi connectivity index (χ4v) is 3.68. The Morgan fingerprint density at radius 2 is 1.87 bits per heavy atom. The zero-order valence-corrected chi connectivity index (χ0v) is 18.5. The summed E-state index contributed by atoms with van der Waals surface area (Å²) in [4.78, 5) is 42.9. The Hall–Kier alpha value is -2.94. The van der Waals surface area contributed by atoms with Gasteiger partial charge in [0, 0.05) is 31.0 Å². The number of hydrogen-bond donors (Lipinski definition) is 2. The molecule has 3 N–H and O–H groups in total. The number of hydrogen-bond acceptors (Lipinski definition) is 6. The molecule has 2 aromatic rings.